The molecule has 0 aromatic carbocycles. The van der Waals surface area contributed by atoms with Gasteiger partial charge in [-0.15, -0.1) is 0 Å². The Morgan fingerprint density at radius 3 is 1.09 bits per heavy atom. The molecule has 0 saturated heterocycles. The average molecular weight is 1600 g/mol. The number of carboxylic acids is 1. The minimum Gasteiger partial charge on any atom is -0.480 e. The molecule has 630 valence electrons. The van der Waals surface area contributed by atoms with E-state index in [9.17, 15) is 38.4 Å². The first-order valence-electron chi connectivity index (χ1n) is 42.8. The molecule has 6 amide bonds. The molecule has 0 radical (unpaired) electrons. The lowest BCUT2D eigenvalue weighted by atomic mass is 9.53. The number of carbonyl (C=O) groups is 7. The molecule has 0 spiro atoms. The molecule has 3 aromatic rings. The van der Waals surface area contributed by atoms with Crippen molar-refractivity contribution in [3.8, 4) is 12.0 Å². The number of alkyl carbamates (subject to hydrolysis) is 2. The molecule has 28 heteroatoms. The number of methoxy groups -OCH3 is 2. The molecule has 27 nitrogen and oxygen atoms in total. The fraction of sp³-hybridized carbons (Fsp3) is 0.779. The number of rotatable bonds is 17. The Labute approximate surface area is 678 Å². The highest BCUT2D eigenvalue weighted by Crippen LogP contribution is 2.60. The van der Waals surface area contributed by atoms with Gasteiger partial charge in [-0.05, 0) is 354 Å². The first-order chi connectivity index (χ1) is 54.0. The Hall–Kier alpha value is -7.26. The molecule has 20 bridgehead atoms. The Morgan fingerprint density at radius 1 is 0.456 bits per heavy atom. The summed E-state index contributed by atoms with van der Waals surface area (Å²) < 4.78 is 19.6. The lowest BCUT2D eigenvalue weighted by molar-refractivity contribution is -0.136. The fourth-order valence-corrected chi connectivity index (χ4v) is 25.8. The van der Waals surface area contributed by atoms with Crippen LogP contribution in [0, 0.1) is 88.8 Å². The van der Waals surface area contributed by atoms with Crippen molar-refractivity contribution < 1.29 is 57.6 Å². The van der Waals surface area contributed by atoms with Gasteiger partial charge in [-0.25, -0.2) is 34.3 Å². The highest BCUT2D eigenvalue weighted by molar-refractivity contribution is 6.29. The predicted octanol–water partition coefficient (Wildman–Crippen LogP) is 11.6. The molecule has 0 aliphatic heterocycles. The molecule has 23 rings (SSSR count). The van der Waals surface area contributed by atoms with Crippen LogP contribution in [0.5, 0.6) is 12.0 Å². The van der Waals surface area contributed by atoms with Crippen LogP contribution in [0.1, 0.15) is 258 Å². The van der Waals surface area contributed by atoms with E-state index in [1.165, 1.54) is 193 Å². The first-order valence-corrected chi connectivity index (χ1v) is 43.2. The van der Waals surface area contributed by atoms with Crippen molar-refractivity contribution in [2.45, 2.75) is 299 Å². The number of ether oxygens (including phenoxy) is 4. The van der Waals surface area contributed by atoms with Gasteiger partial charge in [0.15, 0.2) is 0 Å². The second-order valence-electron chi connectivity index (χ2n) is 39.9. The highest BCUT2D eigenvalue weighted by Gasteiger charge is 2.56. The number of aromatic nitrogens is 6. The van der Waals surface area contributed by atoms with E-state index in [2.05, 4.69) is 66.5 Å². The molecule has 12 N–H and O–H groups in total. The summed E-state index contributed by atoms with van der Waals surface area (Å²) in [5.74, 6) is 12.3. The molecule has 3 aromatic heterocycles. The Kier molecular flexibility index (Phi) is 27.7. The van der Waals surface area contributed by atoms with E-state index in [1.807, 2.05) is 26.8 Å². The number of carboxylic acid groups (broad SMARTS) is 1. The smallest absolute Gasteiger partial charge is 0.408 e. The minimum absolute atomic E-state index is 0.00143. The van der Waals surface area contributed by atoms with Gasteiger partial charge < -0.3 is 72.4 Å². The summed E-state index contributed by atoms with van der Waals surface area (Å²) >= 11 is 5.49. The predicted molar refractivity (Wildman–Crippen MR) is 430 cm³/mol. The number of carbonyl (C=O) groups excluding carboxylic acids is 6. The van der Waals surface area contributed by atoms with Crippen molar-refractivity contribution in [2.75, 3.05) is 33.9 Å². The van der Waals surface area contributed by atoms with Crippen LogP contribution < -0.4 is 58.5 Å². The fourth-order valence-electron chi connectivity index (χ4n) is 25.6. The number of halogens is 1. The van der Waals surface area contributed by atoms with Crippen LogP contribution in [0.3, 0.4) is 0 Å². The van der Waals surface area contributed by atoms with E-state index in [-0.39, 0.29) is 64.6 Å². The van der Waals surface area contributed by atoms with Crippen LogP contribution in [0.4, 0.5) is 9.59 Å². The van der Waals surface area contributed by atoms with Crippen LogP contribution in [-0.2, 0) is 46.3 Å². The van der Waals surface area contributed by atoms with Crippen molar-refractivity contribution in [2.24, 2.45) is 100 Å². The summed E-state index contributed by atoms with van der Waals surface area (Å²) in [6.45, 7) is 10.2. The third kappa shape index (κ3) is 24.7. The Balaban J connectivity index is 0.000000126. The van der Waals surface area contributed by atoms with E-state index in [4.69, 9.17) is 42.4 Å². The number of nitrogens with zero attached hydrogens (tertiary/aromatic N) is 5. The second kappa shape index (κ2) is 36.7. The molecule has 20 fully saturated rings. The van der Waals surface area contributed by atoms with Crippen molar-refractivity contribution in [1.82, 2.24) is 61.8 Å². The standard InChI is InChI=1S/C18H25N3O2.C17H23N3O2.C17H28N2O3.C12H20N2O.C10H17N.C7H13NO4.C5H5ClN2O/c1-23-17-19-5-4-15(20-17)2-3-16(22)21-18-9-12-6-13(10-18)8-14(7-12)11-18;21-15(2-1-14-3-4-18-16(22)19-14)20-17-8-11-5-12(9-17)7-13(6-11)10-17;1-16(2,3)22-15(21)18-10-14(20)19-17-7-11-4-12(8-17)6-13(5-11)9-17;13-7-11(15)14-12-4-8-1-9(5-12)3-10(2-8)6-12;11-10-4-7-1-8(5-10)3-9(2-7)6-10;1-7(2,3)12-6(11)8-4-5(9)10;1-9-5-7-3-2-4(6)8-5/h4-5,12-14H,2-3,6-11H2,1H3,(H,21,22);3-4,11-13H,1-2,5-10H2,(H,20,21)(H,18,19,22);11-13H,4-10H2,1-3H3,(H,18,21)(H,19,20);8-10H,1-7,13H2,(H,14,15);7-9H,1-6,11H2;4H2,1-3H3,(H,8,11)(H,9,10);2-3H,1H3. The third-order valence-corrected chi connectivity index (χ3v) is 27.4. The van der Waals surface area contributed by atoms with Gasteiger partial charge in [0.1, 0.15) is 29.4 Å². The van der Waals surface area contributed by atoms with Crippen LogP contribution in [0.25, 0.3) is 0 Å². The molecular formula is C86H131ClN14O13. The molecule has 20 aliphatic rings. The van der Waals surface area contributed by atoms with Crippen molar-refractivity contribution in [3.05, 3.63) is 63.8 Å². The highest BCUT2D eigenvalue weighted by atomic mass is 35.5. The van der Waals surface area contributed by atoms with Gasteiger partial charge in [0.05, 0.1) is 20.8 Å². The Morgan fingerprint density at radius 2 is 0.772 bits per heavy atom. The summed E-state index contributed by atoms with van der Waals surface area (Å²) in [6.07, 6.45) is 44.9. The molecule has 20 aliphatic carbocycles. The maximum Gasteiger partial charge on any atom is 0.408 e. The van der Waals surface area contributed by atoms with Crippen molar-refractivity contribution in [1.29, 1.82) is 0 Å². The number of aryl methyl sites for hydroxylation is 2. The molecule has 114 heavy (non-hydrogen) atoms. The van der Waals surface area contributed by atoms with E-state index in [0.29, 0.717) is 48.4 Å². The average Bonchev–Trinajstić information content (AvgIpc) is 0.766. The normalized spacial score (nSPS) is 34.6. The number of nitrogens with one attached hydrogen (secondary N) is 7. The van der Waals surface area contributed by atoms with Crippen molar-refractivity contribution in [3.63, 3.8) is 0 Å². The molecule has 0 atom stereocenters. The zero-order valence-corrected chi connectivity index (χ0v) is 69.7. The van der Waals surface area contributed by atoms with E-state index in [0.717, 1.165) is 119 Å². The lowest BCUT2D eigenvalue weighted by Gasteiger charge is -2.57. The summed E-state index contributed by atoms with van der Waals surface area (Å²) in [6, 6.07) is 5.86. The summed E-state index contributed by atoms with van der Waals surface area (Å²) in [4.78, 5) is 114. The van der Waals surface area contributed by atoms with Crippen LogP contribution in [0.2, 0.25) is 5.15 Å². The van der Waals surface area contributed by atoms with E-state index in [1.54, 1.807) is 46.2 Å². The maximum atomic E-state index is 12.5. The molecule has 0 unspecified atom stereocenters. The molecule has 20 saturated carbocycles. The summed E-state index contributed by atoms with van der Waals surface area (Å²) in [5.41, 5.74) is 12.5. The number of amides is 6. The number of aliphatic carboxylic acids is 1. The summed E-state index contributed by atoms with van der Waals surface area (Å²) in [7, 11) is 3.05. The number of hydrogen-bond acceptors (Lipinski definition) is 19. The third-order valence-electron chi connectivity index (χ3n) is 27.2. The lowest BCUT2D eigenvalue weighted by Crippen LogP contribution is -2.61. The monoisotopic (exact) mass is 1600 g/mol. The van der Waals surface area contributed by atoms with Gasteiger partial charge >= 0.3 is 35.9 Å². The van der Waals surface area contributed by atoms with Gasteiger partial charge in [0.25, 0.3) is 0 Å². The first kappa shape index (κ1) is 86.1. The van der Waals surface area contributed by atoms with Crippen LogP contribution >= 0.6 is 11.6 Å². The van der Waals surface area contributed by atoms with Gasteiger partial charge in [-0.3, -0.25) is 24.0 Å². The SMILES string of the molecule is CC(C)(C)OC(=O)NCC(=O)NC12CC3CC(CC(C3)C1)C2.CC(C)(C)OC(=O)NCC(=O)O.COc1nccc(CCC(=O)NC23CC4CC(CC(C4)C2)C3)n1.COc1nccc(Cl)n1.NC12CC3CC(CC(C3)C1)C2.NCC(=O)NC12CC3CC(CC(C3)C1)C2.O=C(CCc1ccnc(=O)[nH]1)NC12CC3CC(CC(C3)C1)C2. The zero-order valence-electron chi connectivity index (χ0n) is 68.9. The number of nitrogens with two attached hydrogens (primary N) is 2. The number of H-pyrrole nitrogens is 1. The summed E-state index contributed by atoms with van der Waals surface area (Å²) in [5, 5.41) is 26.4. The quantitative estimate of drug-likeness (QED) is 0.0561. The van der Waals surface area contributed by atoms with Crippen molar-refractivity contribution >= 4 is 53.4 Å². The van der Waals surface area contributed by atoms with Crippen LogP contribution in [-0.4, -0.2) is 150 Å². The topological polar surface area (TPSA) is 398 Å². The van der Waals surface area contributed by atoms with Gasteiger partial charge in [0.2, 0.25) is 23.6 Å². The second-order valence-corrected chi connectivity index (χ2v) is 40.3. The largest absolute Gasteiger partial charge is 0.480 e. The minimum atomic E-state index is -1.10. The van der Waals surface area contributed by atoms with Gasteiger partial charge in [0, 0.05) is 70.5 Å². The Bertz CT molecular complexity index is 3720. The molecular weight excluding hydrogens is 1470 g/mol. The number of hydrogen-bond donors (Lipinski definition) is 10. The van der Waals surface area contributed by atoms with Gasteiger partial charge in [-0.1, -0.05) is 11.6 Å². The van der Waals surface area contributed by atoms with Gasteiger partial charge in [-0.2, -0.15) is 4.98 Å². The van der Waals surface area contributed by atoms with Crippen LogP contribution in [0.15, 0.2) is 41.6 Å². The molecule has 3 heterocycles. The maximum absolute atomic E-state index is 12.5. The zero-order chi connectivity index (χ0) is 81.4. The number of aromatic amines is 1. The van der Waals surface area contributed by atoms with E-state index < -0.39 is 35.9 Å². The van der Waals surface area contributed by atoms with E-state index >= 15 is 0 Å².